The maximum absolute atomic E-state index is 9.35. The molecular weight excluding hydrogens is 252 g/mol. The highest BCUT2D eigenvalue weighted by Crippen LogP contribution is 2.37. The van der Waals surface area contributed by atoms with Crippen LogP contribution in [-0.4, -0.2) is 16.8 Å². The first-order valence-electron chi connectivity index (χ1n) is 6.90. The molecule has 3 heteroatoms. The summed E-state index contributed by atoms with van der Waals surface area (Å²) in [5, 5.41) is 18.0. The second-order valence-electron chi connectivity index (χ2n) is 4.80. The molecule has 3 nitrogen and oxygen atoms in total. The Morgan fingerprint density at radius 3 is 2.40 bits per heavy atom. The van der Waals surface area contributed by atoms with Gasteiger partial charge in [-0.05, 0) is 49.1 Å². The number of fused-ring (bicyclic) bond motifs is 1. The molecule has 0 saturated heterocycles. The number of phenols is 2. The summed E-state index contributed by atoms with van der Waals surface area (Å²) in [5.41, 5.74) is 1.16. The lowest BCUT2D eigenvalue weighted by Crippen LogP contribution is -2.13. The maximum atomic E-state index is 9.35. The summed E-state index contributed by atoms with van der Waals surface area (Å²) in [7, 11) is 0. The van der Waals surface area contributed by atoms with Crippen LogP contribution in [0.5, 0.6) is 17.2 Å². The third kappa shape index (κ3) is 3.67. The van der Waals surface area contributed by atoms with Gasteiger partial charge in [-0.1, -0.05) is 25.1 Å². The zero-order chi connectivity index (χ0) is 14.4. The smallest absolute Gasteiger partial charge is 0.123 e. The Morgan fingerprint density at radius 1 is 1.05 bits per heavy atom. The van der Waals surface area contributed by atoms with Gasteiger partial charge in [-0.3, -0.25) is 0 Å². The van der Waals surface area contributed by atoms with E-state index in [2.05, 4.69) is 6.92 Å². The van der Waals surface area contributed by atoms with Gasteiger partial charge in [0.05, 0.1) is 6.61 Å². The first kappa shape index (κ1) is 14.3. The fourth-order valence-electron chi connectivity index (χ4n) is 2.31. The van der Waals surface area contributed by atoms with Crippen LogP contribution in [0, 0.1) is 0 Å². The van der Waals surface area contributed by atoms with Crippen molar-refractivity contribution in [3.05, 3.63) is 54.1 Å². The van der Waals surface area contributed by atoms with E-state index in [0.717, 1.165) is 30.8 Å². The molecule has 3 rings (SSSR count). The van der Waals surface area contributed by atoms with Crippen LogP contribution in [0.1, 0.15) is 31.2 Å². The molecule has 1 heterocycles. The van der Waals surface area contributed by atoms with Gasteiger partial charge in [0.2, 0.25) is 0 Å². The number of para-hydroxylation sites is 1. The van der Waals surface area contributed by atoms with Crippen molar-refractivity contribution < 1.29 is 14.9 Å². The molecule has 0 aliphatic carbocycles. The van der Waals surface area contributed by atoms with E-state index in [0.29, 0.717) is 17.4 Å². The molecule has 0 aromatic heterocycles. The number of aromatic hydroxyl groups is 2. The van der Waals surface area contributed by atoms with E-state index in [-0.39, 0.29) is 0 Å². The number of rotatable bonds is 1. The molecule has 1 aliphatic rings. The normalized spacial score (nSPS) is 16.4. The Kier molecular flexibility index (Phi) is 4.88. The SMILES string of the molecule is CCC1CCOc2ccc(O)cc21.Oc1ccccc1. The molecule has 0 amide bonds. The van der Waals surface area contributed by atoms with E-state index in [4.69, 9.17) is 9.84 Å². The molecule has 2 aromatic rings. The summed E-state index contributed by atoms with van der Waals surface area (Å²) in [6, 6.07) is 14.1. The molecule has 0 radical (unpaired) electrons. The fourth-order valence-corrected chi connectivity index (χ4v) is 2.31. The van der Waals surface area contributed by atoms with Crippen molar-refractivity contribution in [3.63, 3.8) is 0 Å². The molecule has 0 bridgehead atoms. The summed E-state index contributed by atoms with van der Waals surface area (Å²) >= 11 is 0. The topological polar surface area (TPSA) is 49.7 Å². The van der Waals surface area contributed by atoms with Gasteiger partial charge in [0, 0.05) is 5.56 Å². The van der Waals surface area contributed by atoms with Crippen molar-refractivity contribution >= 4 is 0 Å². The summed E-state index contributed by atoms with van der Waals surface area (Å²) in [5.74, 6) is 2.15. The predicted octanol–water partition coefficient (Wildman–Crippen LogP) is 4.06. The van der Waals surface area contributed by atoms with Crippen LogP contribution in [0.3, 0.4) is 0 Å². The van der Waals surface area contributed by atoms with Crippen LogP contribution in [0.15, 0.2) is 48.5 Å². The second kappa shape index (κ2) is 6.85. The summed E-state index contributed by atoms with van der Waals surface area (Å²) in [6.07, 6.45) is 2.17. The van der Waals surface area contributed by atoms with Crippen molar-refractivity contribution in [2.75, 3.05) is 6.61 Å². The Morgan fingerprint density at radius 2 is 1.80 bits per heavy atom. The third-order valence-corrected chi connectivity index (χ3v) is 3.41. The third-order valence-electron chi connectivity index (χ3n) is 3.41. The Hall–Kier alpha value is -2.16. The lowest BCUT2D eigenvalue weighted by atomic mass is 9.91. The molecule has 20 heavy (non-hydrogen) atoms. The van der Waals surface area contributed by atoms with Crippen molar-refractivity contribution in [2.45, 2.75) is 25.7 Å². The summed E-state index contributed by atoms with van der Waals surface area (Å²) < 4.78 is 5.50. The lowest BCUT2D eigenvalue weighted by Gasteiger charge is -2.24. The Balaban J connectivity index is 0.000000178. The first-order valence-corrected chi connectivity index (χ1v) is 6.90. The highest BCUT2D eigenvalue weighted by molar-refractivity contribution is 5.42. The molecule has 0 saturated carbocycles. The number of hydrogen-bond donors (Lipinski definition) is 2. The highest BCUT2D eigenvalue weighted by atomic mass is 16.5. The van der Waals surface area contributed by atoms with Crippen LogP contribution in [0.2, 0.25) is 0 Å². The quantitative estimate of drug-likeness (QED) is 0.823. The van der Waals surface area contributed by atoms with E-state index in [1.54, 1.807) is 30.3 Å². The molecule has 0 spiro atoms. The van der Waals surface area contributed by atoms with E-state index in [1.807, 2.05) is 18.2 Å². The first-order chi connectivity index (χ1) is 9.70. The van der Waals surface area contributed by atoms with Crippen molar-refractivity contribution in [2.24, 2.45) is 0 Å². The van der Waals surface area contributed by atoms with Gasteiger partial charge in [0.25, 0.3) is 0 Å². The minimum atomic E-state index is 0.322. The minimum Gasteiger partial charge on any atom is -0.508 e. The van der Waals surface area contributed by atoms with Crippen LogP contribution in [-0.2, 0) is 0 Å². The zero-order valence-electron chi connectivity index (χ0n) is 11.6. The second-order valence-corrected chi connectivity index (χ2v) is 4.80. The molecule has 1 atom stereocenters. The van der Waals surface area contributed by atoms with Crippen LogP contribution in [0.4, 0.5) is 0 Å². The van der Waals surface area contributed by atoms with Crippen LogP contribution in [0.25, 0.3) is 0 Å². The van der Waals surface area contributed by atoms with Crippen molar-refractivity contribution in [1.82, 2.24) is 0 Å². The average molecular weight is 272 g/mol. The molecule has 1 aliphatic heterocycles. The monoisotopic (exact) mass is 272 g/mol. The molecule has 2 aromatic carbocycles. The van der Waals surface area contributed by atoms with Crippen molar-refractivity contribution in [3.8, 4) is 17.2 Å². The highest BCUT2D eigenvalue weighted by Gasteiger charge is 2.19. The Labute approximate surface area is 119 Å². The maximum Gasteiger partial charge on any atom is 0.123 e. The number of ether oxygens (including phenoxy) is 1. The van der Waals surface area contributed by atoms with E-state index in [1.165, 1.54) is 0 Å². The largest absolute Gasteiger partial charge is 0.508 e. The van der Waals surface area contributed by atoms with E-state index >= 15 is 0 Å². The van der Waals surface area contributed by atoms with E-state index < -0.39 is 0 Å². The minimum absolute atomic E-state index is 0.322. The summed E-state index contributed by atoms with van der Waals surface area (Å²) in [6.45, 7) is 2.97. The van der Waals surface area contributed by atoms with Gasteiger partial charge in [-0.15, -0.1) is 0 Å². The Bertz CT molecular complexity index is 537. The molecule has 2 N–H and O–H groups in total. The van der Waals surface area contributed by atoms with Gasteiger partial charge >= 0.3 is 0 Å². The average Bonchev–Trinajstić information content (AvgIpc) is 2.48. The van der Waals surface area contributed by atoms with Gasteiger partial charge in [0.1, 0.15) is 17.2 Å². The van der Waals surface area contributed by atoms with Gasteiger partial charge in [-0.25, -0.2) is 0 Å². The van der Waals surface area contributed by atoms with Crippen molar-refractivity contribution in [1.29, 1.82) is 0 Å². The standard InChI is InChI=1S/C11H14O2.C6H6O/c1-2-8-5-6-13-11-4-3-9(12)7-10(8)11;7-6-4-2-1-3-5-6/h3-4,7-8,12H,2,5-6H2,1H3;1-5,7H. The van der Waals surface area contributed by atoms with Crippen LogP contribution < -0.4 is 4.74 Å². The molecule has 106 valence electrons. The number of benzene rings is 2. The molecule has 0 fully saturated rings. The van der Waals surface area contributed by atoms with Gasteiger partial charge in [-0.2, -0.15) is 0 Å². The zero-order valence-corrected chi connectivity index (χ0v) is 11.6. The fraction of sp³-hybridized carbons (Fsp3) is 0.294. The van der Waals surface area contributed by atoms with E-state index in [9.17, 15) is 5.11 Å². The molecular formula is C17H20O3. The van der Waals surface area contributed by atoms with Gasteiger partial charge < -0.3 is 14.9 Å². The molecule has 1 unspecified atom stereocenters. The lowest BCUT2D eigenvalue weighted by molar-refractivity contribution is 0.264. The predicted molar refractivity (Wildman–Crippen MR) is 79.4 cm³/mol. The van der Waals surface area contributed by atoms with Gasteiger partial charge in [0.15, 0.2) is 0 Å². The number of hydrogen-bond acceptors (Lipinski definition) is 3. The van der Waals surface area contributed by atoms with Crippen LogP contribution >= 0.6 is 0 Å². The number of phenolic OH excluding ortho intramolecular Hbond substituents is 2. The summed E-state index contributed by atoms with van der Waals surface area (Å²) in [4.78, 5) is 0.